The van der Waals surface area contributed by atoms with Crippen LogP contribution in [-0.2, 0) is 6.54 Å². The van der Waals surface area contributed by atoms with Crippen LogP contribution in [0.25, 0.3) is 0 Å². The molecule has 2 amide bonds. The van der Waals surface area contributed by atoms with Gasteiger partial charge in [-0.3, -0.25) is 0 Å². The van der Waals surface area contributed by atoms with Gasteiger partial charge >= 0.3 is 6.03 Å². The van der Waals surface area contributed by atoms with Crippen LogP contribution in [0.2, 0.25) is 0 Å². The van der Waals surface area contributed by atoms with Gasteiger partial charge in [-0.15, -0.1) is 0 Å². The molecule has 1 saturated heterocycles. The predicted octanol–water partition coefficient (Wildman–Crippen LogP) is 4.06. The standard InChI is InChI=1S/C24H33N3O3/c1-18(2)17-30-23-9-4-6-19(12-23)14-25-24(28)26-15-20-10-11-27(16-20)21-7-5-8-22(13-21)29-3/h4-9,12-13,18,20H,10-11,14-17H2,1-3H3,(H2,25,26,28). The van der Waals surface area contributed by atoms with Gasteiger partial charge in [-0.05, 0) is 48.1 Å². The minimum absolute atomic E-state index is 0.136. The zero-order valence-electron chi connectivity index (χ0n) is 18.2. The first-order chi connectivity index (χ1) is 14.5. The number of benzene rings is 2. The summed E-state index contributed by atoms with van der Waals surface area (Å²) >= 11 is 0. The minimum Gasteiger partial charge on any atom is -0.497 e. The fourth-order valence-corrected chi connectivity index (χ4v) is 3.53. The normalized spacial score (nSPS) is 15.9. The van der Waals surface area contributed by atoms with E-state index in [2.05, 4.69) is 41.5 Å². The van der Waals surface area contributed by atoms with Gasteiger partial charge in [-0.25, -0.2) is 4.79 Å². The van der Waals surface area contributed by atoms with Gasteiger partial charge in [0.05, 0.1) is 13.7 Å². The number of ether oxygens (including phenoxy) is 2. The number of nitrogens with one attached hydrogen (secondary N) is 2. The van der Waals surface area contributed by atoms with Crippen LogP contribution in [-0.4, -0.2) is 39.4 Å². The molecule has 0 radical (unpaired) electrons. The van der Waals surface area contributed by atoms with Crippen molar-refractivity contribution >= 4 is 11.7 Å². The molecule has 2 aromatic rings. The first-order valence-corrected chi connectivity index (χ1v) is 10.7. The second-order valence-corrected chi connectivity index (χ2v) is 8.22. The third kappa shape index (κ3) is 6.58. The topological polar surface area (TPSA) is 62.8 Å². The minimum atomic E-state index is -0.136. The SMILES string of the molecule is COc1cccc(N2CCC(CNC(=O)NCc3cccc(OCC(C)C)c3)C2)c1. The molecule has 0 saturated carbocycles. The van der Waals surface area contributed by atoms with E-state index in [1.165, 1.54) is 5.69 Å². The Morgan fingerprint density at radius 1 is 1.13 bits per heavy atom. The maximum absolute atomic E-state index is 12.2. The highest BCUT2D eigenvalue weighted by Gasteiger charge is 2.23. The van der Waals surface area contributed by atoms with E-state index in [9.17, 15) is 4.79 Å². The zero-order chi connectivity index (χ0) is 21.3. The van der Waals surface area contributed by atoms with Crippen molar-refractivity contribution in [2.45, 2.75) is 26.8 Å². The van der Waals surface area contributed by atoms with E-state index < -0.39 is 0 Å². The zero-order valence-corrected chi connectivity index (χ0v) is 18.2. The molecule has 0 aromatic heterocycles. The Morgan fingerprint density at radius 2 is 1.93 bits per heavy atom. The molecule has 1 heterocycles. The summed E-state index contributed by atoms with van der Waals surface area (Å²) in [6.45, 7) is 8.00. The summed E-state index contributed by atoms with van der Waals surface area (Å²) in [5.41, 5.74) is 2.19. The van der Waals surface area contributed by atoms with E-state index in [4.69, 9.17) is 9.47 Å². The second kappa shape index (κ2) is 10.8. The molecule has 1 fully saturated rings. The van der Waals surface area contributed by atoms with Crippen molar-refractivity contribution in [3.8, 4) is 11.5 Å². The number of carbonyl (C=O) groups excluding carboxylic acids is 1. The fraction of sp³-hybridized carbons (Fsp3) is 0.458. The largest absolute Gasteiger partial charge is 0.497 e. The lowest BCUT2D eigenvalue weighted by molar-refractivity contribution is 0.239. The molecule has 162 valence electrons. The Labute approximate surface area is 179 Å². The lowest BCUT2D eigenvalue weighted by Crippen LogP contribution is -2.38. The number of urea groups is 1. The highest BCUT2D eigenvalue weighted by Crippen LogP contribution is 2.26. The van der Waals surface area contributed by atoms with Gasteiger partial charge in [0, 0.05) is 37.9 Å². The van der Waals surface area contributed by atoms with Gasteiger partial charge in [0.25, 0.3) is 0 Å². The van der Waals surface area contributed by atoms with Crippen molar-refractivity contribution < 1.29 is 14.3 Å². The van der Waals surface area contributed by atoms with E-state index in [1.54, 1.807) is 7.11 Å². The maximum atomic E-state index is 12.2. The van der Waals surface area contributed by atoms with Crippen LogP contribution in [0.5, 0.6) is 11.5 Å². The summed E-state index contributed by atoms with van der Waals surface area (Å²) in [4.78, 5) is 14.6. The van der Waals surface area contributed by atoms with Crippen molar-refractivity contribution in [3.63, 3.8) is 0 Å². The van der Waals surface area contributed by atoms with Crippen molar-refractivity contribution in [1.82, 2.24) is 10.6 Å². The lowest BCUT2D eigenvalue weighted by atomic mass is 10.1. The quantitative estimate of drug-likeness (QED) is 0.653. The number of anilines is 1. The monoisotopic (exact) mass is 411 g/mol. The first kappa shape index (κ1) is 21.8. The van der Waals surface area contributed by atoms with Crippen LogP contribution in [0.15, 0.2) is 48.5 Å². The molecule has 1 aliphatic heterocycles. The number of carbonyl (C=O) groups is 1. The molecule has 2 N–H and O–H groups in total. The number of methoxy groups -OCH3 is 1. The summed E-state index contributed by atoms with van der Waals surface area (Å²) in [6.07, 6.45) is 1.06. The molecular formula is C24H33N3O3. The van der Waals surface area contributed by atoms with Crippen molar-refractivity contribution in [2.75, 3.05) is 38.3 Å². The molecule has 6 heteroatoms. The van der Waals surface area contributed by atoms with E-state index >= 15 is 0 Å². The van der Waals surface area contributed by atoms with Gasteiger partial charge in [0.1, 0.15) is 11.5 Å². The van der Waals surface area contributed by atoms with Crippen LogP contribution < -0.4 is 25.0 Å². The third-order valence-corrected chi connectivity index (χ3v) is 5.19. The predicted molar refractivity (Wildman–Crippen MR) is 120 cm³/mol. The third-order valence-electron chi connectivity index (χ3n) is 5.19. The average Bonchev–Trinajstić information content (AvgIpc) is 3.24. The Kier molecular flexibility index (Phi) is 7.82. The number of rotatable bonds is 9. The summed E-state index contributed by atoms with van der Waals surface area (Å²) < 4.78 is 11.1. The molecule has 1 unspecified atom stereocenters. The van der Waals surface area contributed by atoms with E-state index in [-0.39, 0.29) is 6.03 Å². The molecule has 3 rings (SSSR count). The molecule has 2 aromatic carbocycles. The highest BCUT2D eigenvalue weighted by molar-refractivity contribution is 5.73. The van der Waals surface area contributed by atoms with Gasteiger partial charge in [0.2, 0.25) is 0 Å². The van der Waals surface area contributed by atoms with E-state index in [0.717, 1.165) is 36.6 Å². The number of hydrogen-bond donors (Lipinski definition) is 2. The van der Waals surface area contributed by atoms with Crippen LogP contribution in [0, 0.1) is 11.8 Å². The summed E-state index contributed by atoms with van der Waals surface area (Å²) in [5, 5.41) is 5.95. The van der Waals surface area contributed by atoms with Gasteiger partial charge in [-0.2, -0.15) is 0 Å². The van der Waals surface area contributed by atoms with Gasteiger partial charge in [-0.1, -0.05) is 32.0 Å². The Hall–Kier alpha value is -2.89. The van der Waals surface area contributed by atoms with Crippen LogP contribution in [0.1, 0.15) is 25.8 Å². The molecule has 0 spiro atoms. The molecular weight excluding hydrogens is 378 g/mol. The van der Waals surface area contributed by atoms with Crippen molar-refractivity contribution in [2.24, 2.45) is 11.8 Å². The molecule has 1 atom stereocenters. The molecule has 0 bridgehead atoms. The molecule has 6 nitrogen and oxygen atoms in total. The Balaban J connectivity index is 1.39. The maximum Gasteiger partial charge on any atom is 0.315 e. The summed E-state index contributed by atoms with van der Waals surface area (Å²) in [6, 6.07) is 15.9. The van der Waals surface area contributed by atoms with E-state index in [0.29, 0.717) is 31.5 Å². The molecule has 0 aliphatic carbocycles. The first-order valence-electron chi connectivity index (χ1n) is 10.7. The number of amides is 2. The molecule has 1 aliphatic rings. The smallest absolute Gasteiger partial charge is 0.315 e. The van der Waals surface area contributed by atoms with Crippen LogP contribution >= 0.6 is 0 Å². The van der Waals surface area contributed by atoms with Crippen molar-refractivity contribution in [3.05, 3.63) is 54.1 Å². The van der Waals surface area contributed by atoms with Crippen molar-refractivity contribution in [1.29, 1.82) is 0 Å². The number of nitrogens with zero attached hydrogens (tertiary/aromatic N) is 1. The van der Waals surface area contributed by atoms with Crippen LogP contribution in [0.4, 0.5) is 10.5 Å². The summed E-state index contributed by atoms with van der Waals surface area (Å²) in [5.74, 6) is 2.63. The molecule has 30 heavy (non-hydrogen) atoms. The Bertz CT molecular complexity index is 825. The fourth-order valence-electron chi connectivity index (χ4n) is 3.53. The number of hydrogen-bond acceptors (Lipinski definition) is 4. The highest BCUT2D eigenvalue weighted by atomic mass is 16.5. The van der Waals surface area contributed by atoms with Crippen LogP contribution in [0.3, 0.4) is 0 Å². The van der Waals surface area contributed by atoms with Gasteiger partial charge < -0.3 is 25.0 Å². The lowest BCUT2D eigenvalue weighted by Gasteiger charge is -2.19. The average molecular weight is 412 g/mol. The second-order valence-electron chi connectivity index (χ2n) is 8.22. The Morgan fingerprint density at radius 3 is 2.73 bits per heavy atom. The van der Waals surface area contributed by atoms with E-state index in [1.807, 2.05) is 36.4 Å². The van der Waals surface area contributed by atoms with Gasteiger partial charge in [0.15, 0.2) is 0 Å². The summed E-state index contributed by atoms with van der Waals surface area (Å²) in [7, 11) is 1.68.